The van der Waals surface area contributed by atoms with E-state index in [1.54, 1.807) is 6.92 Å². The average Bonchev–Trinajstić information content (AvgIpc) is 2.44. The van der Waals surface area contributed by atoms with Gasteiger partial charge in [0.2, 0.25) is 0 Å². The Morgan fingerprint density at radius 2 is 1.86 bits per heavy atom. The number of halogens is 1. The molecule has 0 aliphatic carbocycles. The summed E-state index contributed by atoms with van der Waals surface area (Å²) in [5.41, 5.74) is -0.0776. The molecule has 0 spiro atoms. The number of anilines is 1. The Kier molecular flexibility index (Phi) is 5.19. The molecule has 1 rings (SSSR count). The standard InChI is InChI=1S/C11H12BrN3O6/c1-2-11(12,15(20)21)7-13(10(16)17)8-3-5-9(6-4-8)14(18)19/h3-6H,2,7H2,1H3,(H,16,17). The van der Waals surface area contributed by atoms with Crippen LogP contribution in [0.25, 0.3) is 0 Å². The number of alkyl halides is 1. The van der Waals surface area contributed by atoms with Crippen molar-refractivity contribution in [3.8, 4) is 0 Å². The molecule has 114 valence electrons. The number of carbonyl (C=O) groups is 1. The van der Waals surface area contributed by atoms with Crippen molar-refractivity contribution in [3.63, 3.8) is 0 Å². The van der Waals surface area contributed by atoms with Crippen LogP contribution in [0.5, 0.6) is 0 Å². The number of non-ortho nitro benzene ring substituents is 1. The van der Waals surface area contributed by atoms with Gasteiger partial charge in [-0.15, -0.1) is 0 Å². The molecule has 1 unspecified atom stereocenters. The first-order valence-corrected chi connectivity index (χ1v) is 6.59. The normalized spacial score (nSPS) is 13.2. The van der Waals surface area contributed by atoms with Crippen molar-refractivity contribution in [2.75, 3.05) is 11.4 Å². The van der Waals surface area contributed by atoms with E-state index in [-0.39, 0.29) is 17.8 Å². The SMILES string of the molecule is CCC(Br)(CN(C(=O)O)c1ccc([N+](=O)[O-])cc1)[N+](=O)[O-]. The van der Waals surface area contributed by atoms with Crippen LogP contribution in [0.1, 0.15) is 13.3 Å². The van der Waals surface area contributed by atoms with Crippen LogP contribution in [-0.4, -0.2) is 32.0 Å². The number of benzene rings is 1. The average molecular weight is 362 g/mol. The van der Waals surface area contributed by atoms with Crippen LogP contribution >= 0.6 is 15.9 Å². The summed E-state index contributed by atoms with van der Waals surface area (Å²) in [6.45, 7) is 1.12. The second-order valence-electron chi connectivity index (χ2n) is 4.17. The highest BCUT2D eigenvalue weighted by Crippen LogP contribution is 2.28. The summed E-state index contributed by atoms with van der Waals surface area (Å²) in [5.74, 6) is 0. The maximum absolute atomic E-state index is 11.3. The van der Waals surface area contributed by atoms with E-state index in [1.165, 1.54) is 12.1 Å². The Morgan fingerprint density at radius 3 is 2.19 bits per heavy atom. The van der Waals surface area contributed by atoms with Crippen molar-refractivity contribution in [1.82, 2.24) is 0 Å². The Labute approximate surface area is 127 Å². The van der Waals surface area contributed by atoms with Crippen LogP contribution in [-0.2, 0) is 0 Å². The van der Waals surface area contributed by atoms with Gasteiger partial charge in [0.25, 0.3) is 10.1 Å². The van der Waals surface area contributed by atoms with E-state index in [0.29, 0.717) is 0 Å². The third-order valence-corrected chi connectivity index (χ3v) is 3.97. The van der Waals surface area contributed by atoms with Crippen molar-refractivity contribution in [2.45, 2.75) is 17.8 Å². The van der Waals surface area contributed by atoms with Gasteiger partial charge in [-0.05, 0) is 12.1 Å². The number of hydrogen-bond acceptors (Lipinski definition) is 5. The summed E-state index contributed by atoms with van der Waals surface area (Å²) in [6, 6.07) is 4.74. The van der Waals surface area contributed by atoms with Gasteiger partial charge in [-0.2, -0.15) is 0 Å². The second-order valence-corrected chi connectivity index (χ2v) is 5.65. The van der Waals surface area contributed by atoms with Crippen molar-refractivity contribution >= 4 is 33.4 Å². The fourth-order valence-electron chi connectivity index (χ4n) is 1.56. The maximum atomic E-state index is 11.3. The van der Waals surface area contributed by atoms with Crippen LogP contribution in [0.3, 0.4) is 0 Å². The van der Waals surface area contributed by atoms with Gasteiger partial charge in [0.05, 0.1) is 4.92 Å². The summed E-state index contributed by atoms with van der Waals surface area (Å²) >= 11 is 2.94. The minimum Gasteiger partial charge on any atom is -0.465 e. The zero-order chi connectivity index (χ0) is 16.2. The lowest BCUT2D eigenvalue weighted by atomic mass is 10.2. The van der Waals surface area contributed by atoms with Gasteiger partial charge >= 0.3 is 6.09 Å². The van der Waals surface area contributed by atoms with E-state index in [2.05, 4.69) is 15.9 Å². The zero-order valence-electron chi connectivity index (χ0n) is 10.9. The number of amides is 1. The monoisotopic (exact) mass is 361 g/mol. The first kappa shape index (κ1) is 16.8. The highest BCUT2D eigenvalue weighted by Gasteiger charge is 2.41. The highest BCUT2D eigenvalue weighted by atomic mass is 79.9. The van der Waals surface area contributed by atoms with Gasteiger partial charge in [0.1, 0.15) is 6.54 Å². The van der Waals surface area contributed by atoms with Crippen molar-refractivity contribution in [2.24, 2.45) is 0 Å². The quantitative estimate of drug-likeness (QED) is 0.359. The molecule has 9 nitrogen and oxygen atoms in total. The van der Waals surface area contributed by atoms with Crippen LogP contribution < -0.4 is 4.90 Å². The largest absolute Gasteiger partial charge is 0.465 e. The molecule has 0 aliphatic rings. The summed E-state index contributed by atoms with van der Waals surface area (Å²) in [5, 5.41) is 30.8. The highest BCUT2D eigenvalue weighted by molar-refractivity contribution is 9.10. The van der Waals surface area contributed by atoms with Gasteiger partial charge in [-0.3, -0.25) is 25.1 Å². The molecule has 1 atom stereocenters. The Morgan fingerprint density at radius 1 is 1.33 bits per heavy atom. The topological polar surface area (TPSA) is 127 Å². The van der Waals surface area contributed by atoms with Gasteiger partial charge < -0.3 is 5.11 Å². The summed E-state index contributed by atoms with van der Waals surface area (Å²) in [4.78, 5) is 32.4. The Balaban J connectivity index is 3.10. The first-order valence-electron chi connectivity index (χ1n) is 5.79. The molecule has 0 aliphatic heterocycles. The molecule has 0 aromatic heterocycles. The van der Waals surface area contributed by atoms with Crippen LogP contribution in [0, 0.1) is 20.2 Å². The summed E-state index contributed by atoms with van der Waals surface area (Å²) in [7, 11) is 0. The van der Waals surface area contributed by atoms with Gasteiger partial charge in [0, 0.05) is 45.1 Å². The third kappa shape index (κ3) is 3.88. The predicted octanol–water partition coefficient (Wildman–Crippen LogP) is 2.86. The smallest absolute Gasteiger partial charge is 0.412 e. The van der Waals surface area contributed by atoms with E-state index >= 15 is 0 Å². The van der Waals surface area contributed by atoms with E-state index in [9.17, 15) is 30.1 Å². The molecule has 0 saturated carbocycles. The maximum Gasteiger partial charge on any atom is 0.412 e. The Hall–Kier alpha value is -2.23. The molecular weight excluding hydrogens is 350 g/mol. The minimum absolute atomic E-state index is 0.0662. The summed E-state index contributed by atoms with van der Waals surface area (Å²) in [6.07, 6.45) is -1.32. The molecule has 10 heteroatoms. The van der Waals surface area contributed by atoms with E-state index in [0.717, 1.165) is 17.0 Å². The molecule has 21 heavy (non-hydrogen) atoms. The first-order chi connectivity index (χ1) is 9.71. The zero-order valence-corrected chi connectivity index (χ0v) is 12.5. The molecule has 1 amide bonds. The predicted molar refractivity (Wildman–Crippen MR) is 77.4 cm³/mol. The van der Waals surface area contributed by atoms with Crippen molar-refractivity contribution < 1.29 is 19.7 Å². The molecule has 0 bridgehead atoms. The molecule has 0 fully saturated rings. The van der Waals surface area contributed by atoms with Crippen molar-refractivity contribution in [1.29, 1.82) is 0 Å². The van der Waals surface area contributed by atoms with Gasteiger partial charge in [-0.25, -0.2) is 4.79 Å². The molecule has 0 radical (unpaired) electrons. The van der Waals surface area contributed by atoms with Gasteiger partial charge in [-0.1, -0.05) is 6.92 Å². The van der Waals surface area contributed by atoms with Crippen molar-refractivity contribution in [3.05, 3.63) is 44.5 Å². The molecule has 0 saturated heterocycles. The minimum atomic E-state index is -1.62. The van der Waals surface area contributed by atoms with Crippen LogP contribution in [0.4, 0.5) is 16.2 Å². The number of carboxylic acid groups (broad SMARTS) is 1. The number of nitro benzene ring substituents is 1. The molecule has 1 aromatic carbocycles. The third-order valence-electron chi connectivity index (χ3n) is 2.87. The number of hydrogen-bond donors (Lipinski definition) is 1. The van der Waals surface area contributed by atoms with Crippen LogP contribution in [0.2, 0.25) is 0 Å². The molecule has 0 heterocycles. The van der Waals surface area contributed by atoms with E-state index in [1.807, 2.05) is 0 Å². The fourth-order valence-corrected chi connectivity index (χ4v) is 1.82. The van der Waals surface area contributed by atoms with E-state index in [4.69, 9.17) is 0 Å². The molecule has 1 aromatic rings. The summed E-state index contributed by atoms with van der Waals surface area (Å²) < 4.78 is -1.62. The van der Waals surface area contributed by atoms with E-state index < -0.39 is 26.9 Å². The molecular formula is C11H12BrN3O6. The second kappa shape index (κ2) is 6.48. The number of nitro groups is 2. The lowest BCUT2D eigenvalue weighted by molar-refractivity contribution is -0.532. The molecule has 1 N–H and O–H groups in total. The lowest BCUT2D eigenvalue weighted by Gasteiger charge is -2.25. The fraction of sp³-hybridized carbons (Fsp3) is 0.364. The lowest BCUT2D eigenvalue weighted by Crippen LogP contribution is -2.46. The Bertz CT molecular complexity index is 564. The van der Waals surface area contributed by atoms with Crippen LogP contribution in [0.15, 0.2) is 24.3 Å². The van der Waals surface area contributed by atoms with Gasteiger partial charge in [0.15, 0.2) is 0 Å². The number of rotatable bonds is 6. The number of nitrogens with zero attached hydrogens (tertiary/aromatic N) is 3.